The third-order valence-electron chi connectivity index (χ3n) is 5.55. The van der Waals surface area contributed by atoms with E-state index in [1.807, 2.05) is 20.8 Å². The summed E-state index contributed by atoms with van der Waals surface area (Å²) >= 11 is 0. The summed E-state index contributed by atoms with van der Waals surface area (Å²) in [5.74, 6) is 0.471. The second kappa shape index (κ2) is 9.44. The molecule has 3 aromatic rings. The second-order valence-corrected chi connectivity index (χ2v) is 10.1. The van der Waals surface area contributed by atoms with Crippen LogP contribution >= 0.6 is 0 Å². The highest BCUT2D eigenvalue weighted by Gasteiger charge is 2.30. The molecule has 1 atom stereocenters. The van der Waals surface area contributed by atoms with Crippen LogP contribution in [0, 0.1) is 12.8 Å². The summed E-state index contributed by atoms with van der Waals surface area (Å²) in [5.41, 5.74) is 0.528. The van der Waals surface area contributed by atoms with Crippen molar-refractivity contribution < 1.29 is 19.2 Å². The van der Waals surface area contributed by atoms with E-state index in [0.717, 1.165) is 5.39 Å². The van der Waals surface area contributed by atoms with E-state index in [-0.39, 0.29) is 22.9 Å². The molecule has 8 nitrogen and oxygen atoms in total. The van der Waals surface area contributed by atoms with E-state index in [4.69, 9.17) is 9.57 Å². The molecule has 0 aliphatic carbocycles. The Morgan fingerprint density at radius 3 is 2.47 bits per heavy atom. The standard InChI is InChI=1S/C26H33N3O5/c1-15(2)11-16(3)29(25(32)33-26(5,6)7)34-22-13-21-20(12-18(22)14-30)19-9-10-27-17(4)23(19)24(31)28(21)8/h9-10,12-16H,11H2,1-8H3/t16-/m0/s1. The van der Waals surface area contributed by atoms with Crippen LogP contribution in [0.3, 0.4) is 0 Å². The predicted octanol–water partition coefficient (Wildman–Crippen LogP) is 5.17. The first-order valence-corrected chi connectivity index (χ1v) is 11.4. The Balaban J connectivity index is 2.19. The van der Waals surface area contributed by atoms with Crippen LogP contribution in [-0.4, -0.2) is 38.6 Å². The van der Waals surface area contributed by atoms with Crippen LogP contribution in [0.4, 0.5) is 4.79 Å². The Morgan fingerprint density at radius 1 is 1.21 bits per heavy atom. The molecule has 1 amide bonds. The number of carbonyl (C=O) groups is 2. The zero-order valence-electron chi connectivity index (χ0n) is 21.1. The molecule has 8 heteroatoms. The van der Waals surface area contributed by atoms with Crippen LogP contribution in [-0.2, 0) is 11.8 Å². The number of rotatable bonds is 6. The Labute approximate surface area is 199 Å². The van der Waals surface area contributed by atoms with Gasteiger partial charge >= 0.3 is 6.09 Å². The van der Waals surface area contributed by atoms with Gasteiger partial charge in [0, 0.05) is 24.7 Å². The van der Waals surface area contributed by atoms with E-state index in [9.17, 15) is 14.4 Å². The van der Waals surface area contributed by atoms with Gasteiger partial charge in [-0.25, -0.2) is 4.79 Å². The smallest absolute Gasteiger partial charge is 0.442 e. The molecule has 0 saturated carbocycles. The molecule has 0 N–H and O–H groups in total. The van der Waals surface area contributed by atoms with Crippen molar-refractivity contribution in [2.75, 3.05) is 0 Å². The van der Waals surface area contributed by atoms with Crippen LogP contribution in [0.5, 0.6) is 5.75 Å². The van der Waals surface area contributed by atoms with Crippen molar-refractivity contribution in [2.45, 2.75) is 66.5 Å². The molecule has 0 unspecified atom stereocenters. The van der Waals surface area contributed by atoms with Gasteiger partial charge in [-0.1, -0.05) is 13.8 Å². The first-order chi connectivity index (χ1) is 15.8. The highest BCUT2D eigenvalue weighted by atomic mass is 16.7. The molecule has 34 heavy (non-hydrogen) atoms. The van der Waals surface area contributed by atoms with Crippen LogP contribution in [0.2, 0.25) is 0 Å². The Kier molecular flexibility index (Phi) is 7.00. The van der Waals surface area contributed by atoms with E-state index in [2.05, 4.69) is 4.98 Å². The summed E-state index contributed by atoms with van der Waals surface area (Å²) < 4.78 is 7.06. The largest absolute Gasteiger partial charge is 0.443 e. The van der Waals surface area contributed by atoms with Gasteiger partial charge in [-0.15, -0.1) is 5.06 Å². The molecule has 0 saturated heterocycles. The lowest BCUT2D eigenvalue weighted by atomic mass is 10.0. The fourth-order valence-corrected chi connectivity index (χ4v) is 4.09. The Bertz CT molecular complexity index is 1300. The number of carbonyl (C=O) groups excluding carboxylic acids is 2. The van der Waals surface area contributed by atoms with Gasteiger partial charge in [0.2, 0.25) is 0 Å². The van der Waals surface area contributed by atoms with Gasteiger partial charge in [0.1, 0.15) is 5.60 Å². The number of aldehydes is 1. The minimum atomic E-state index is -0.720. The maximum Gasteiger partial charge on any atom is 0.443 e. The second-order valence-electron chi connectivity index (χ2n) is 10.1. The van der Waals surface area contributed by atoms with Crippen molar-refractivity contribution in [1.82, 2.24) is 14.6 Å². The molecule has 2 aromatic heterocycles. The lowest BCUT2D eigenvalue weighted by Gasteiger charge is -2.32. The summed E-state index contributed by atoms with van der Waals surface area (Å²) in [6.07, 6.45) is 2.34. The Hall–Kier alpha value is -3.42. The van der Waals surface area contributed by atoms with Crippen LogP contribution < -0.4 is 10.4 Å². The third-order valence-corrected chi connectivity index (χ3v) is 5.55. The normalized spacial score (nSPS) is 12.7. The van der Waals surface area contributed by atoms with Gasteiger partial charge in [-0.2, -0.15) is 0 Å². The number of benzene rings is 1. The van der Waals surface area contributed by atoms with Crippen molar-refractivity contribution in [3.8, 4) is 5.75 Å². The van der Waals surface area contributed by atoms with Crippen LogP contribution in [0.15, 0.2) is 29.2 Å². The highest BCUT2D eigenvalue weighted by Crippen LogP contribution is 2.31. The summed E-state index contributed by atoms with van der Waals surface area (Å²) in [6.45, 7) is 13.1. The number of nitrogens with zero attached hydrogens (tertiary/aromatic N) is 3. The molecular formula is C26H33N3O5. The number of ether oxygens (including phenoxy) is 1. The topological polar surface area (TPSA) is 90.7 Å². The molecule has 0 fully saturated rings. The van der Waals surface area contributed by atoms with Gasteiger partial charge in [0.15, 0.2) is 12.0 Å². The maximum absolute atomic E-state index is 13.1. The SMILES string of the molecule is Cc1nccc2c1c(=O)n(C)c1cc(ON(C(=O)OC(C)(C)C)[C@@H](C)CC(C)C)c(C=O)cc21. The molecule has 3 rings (SSSR count). The lowest BCUT2D eigenvalue weighted by molar-refractivity contribution is -0.0968. The average molecular weight is 468 g/mol. The van der Waals surface area contributed by atoms with Crippen molar-refractivity contribution in [3.05, 3.63) is 46.0 Å². The molecule has 182 valence electrons. The fraction of sp³-hybridized carbons (Fsp3) is 0.462. The summed E-state index contributed by atoms with van der Waals surface area (Å²) in [5, 5.41) is 3.10. The molecule has 2 heterocycles. The number of fused-ring (bicyclic) bond motifs is 3. The average Bonchev–Trinajstić information content (AvgIpc) is 2.73. The fourth-order valence-electron chi connectivity index (χ4n) is 4.09. The first-order valence-electron chi connectivity index (χ1n) is 11.4. The molecule has 1 aromatic carbocycles. The minimum absolute atomic E-state index is 0.170. The number of pyridine rings is 2. The van der Waals surface area contributed by atoms with Gasteiger partial charge in [0.25, 0.3) is 5.56 Å². The number of hydrogen-bond acceptors (Lipinski definition) is 6. The van der Waals surface area contributed by atoms with E-state index < -0.39 is 11.7 Å². The maximum atomic E-state index is 13.1. The van der Waals surface area contributed by atoms with Crippen molar-refractivity contribution in [1.29, 1.82) is 0 Å². The molecule has 0 aliphatic rings. The number of hydroxylamine groups is 2. The predicted molar refractivity (Wildman–Crippen MR) is 132 cm³/mol. The van der Waals surface area contributed by atoms with Gasteiger partial charge in [0.05, 0.1) is 28.2 Å². The summed E-state index contributed by atoms with van der Waals surface area (Å²) in [7, 11) is 1.66. The van der Waals surface area contributed by atoms with Crippen molar-refractivity contribution in [2.24, 2.45) is 13.0 Å². The van der Waals surface area contributed by atoms with Crippen LogP contribution in [0.1, 0.15) is 64.0 Å². The van der Waals surface area contributed by atoms with Crippen LogP contribution in [0.25, 0.3) is 21.7 Å². The number of aromatic nitrogens is 2. The monoisotopic (exact) mass is 467 g/mol. The van der Waals surface area contributed by atoms with Crippen molar-refractivity contribution in [3.63, 3.8) is 0 Å². The van der Waals surface area contributed by atoms with Gasteiger partial charge in [-0.3, -0.25) is 14.6 Å². The van der Waals surface area contributed by atoms with E-state index in [1.165, 1.54) is 9.63 Å². The van der Waals surface area contributed by atoms with Gasteiger partial charge in [-0.05, 0) is 64.5 Å². The van der Waals surface area contributed by atoms with Crippen molar-refractivity contribution >= 4 is 34.1 Å². The summed E-state index contributed by atoms with van der Waals surface area (Å²) in [4.78, 5) is 48.4. The third kappa shape index (κ3) is 5.05. The number of aryl methyl sites for hydroxylation is 2. The minimum Gasteiger partial charge on any atom is -0.442 e. The zero-order valence-corrected chi connectivity index (χ0v) is 21.1. The Morgan fingerprint density at radius 2 is 1.88 bits per heavy atom. The lowest BCUT2D eigenvalue weighted by Crippen LogP contribution is -2.45. The molecular weight excluding hydrogens is 434 g/mol. The number of amides is 1. The molecule has 0 aliphatic heterocycles. The molecule has 0 spiro atoms. The van der Waals surface area contributed by atoms with E-state index in [1.54, 1.807) is 59.1 Å². The zero-order chi connectivity index (χ0) is 25.4. The quantitative estimate of drug-likeness (QED) is 0.282. The summed E-state index contributed by atoms with van der Waals surface area (Å²) in [6, 6.07) is 4.74. The van der Waals surface area contributed by atoms with Gasteiger partial charge < -0.3 is 14.1 Å². The molecule has 0 radical (unpaired) electrons. The highest BCUT2D eigenvalue weighted by molar-refractivity contribution is 6.08. The van der Waals surface area contributed by atoms with E-state index in [0.29, 0.717) is 40.6 Å². The number of hydrogen-bond donors (Lipinski definition) is 0. The van der Waals surface area contributed by atoms with E-state index >= 15 is 0 Å². The molecule has 0 bridgehead atoms. The first kappa shape index (κ1) is 25.2.